The van der Waals surface area contributed by atoms with E-state index in [-0.39, 0.29) is 18.7 Å². The van der Waals surface area contributed by atoms with Gasteiger partial charge < -0.3 is 14.8 Å². The highest BCUT2D eigenvalue weighted by Crippen LogP contribution is 2.35. The highest BCUT2D eigenvalue weighted by atomic mass is 16.7. The quantitative estimate of drug-likeness (QED) is 0.909. The van der Waals surface area contributed by atoms with E-state index in [0.717, 1.165) is 43.1 Å². The molecule has 2 aliphatic rings. The maximum atomic E-state index is 13.2. The lowest BCUT2D eigenvalue weighted by atomic mass is 9.95. The van der Waals surface area contributed by atoms with Crippen LogP contribution in [0.5, 0.6) is 11.5 Å². The molecule has 0 unspecified atom stereocenters. The molecule has 1 saturated heterocycles. The van der Waals surface area contributed by atoms with Gasteiger partial charge in [0.15, 0.2) is 11.5 Å². The van der Waals surface area contributed by atoms with Crippen molar-refractivity contribution in [2.75, 3.05) is 25.2 Å². The minimum atomic E-state index is -0.283. The molecule has 5 nitrogen and oxygen atoms in total. The number of nitrogens with one attached hydrogen (secondary N) is 1. The third kappa shape index (κ3) is 3.53. The molecule has 0 radical (unpaired) electrons. The third-order valence-electron chi connectivity index (χ3n) is 5.19. The van der Waals surface area contributed by atoms with E-state index >= 15 is 0 Å². The second kappa shape index (κ2) is 7.38. The third-order valence-corrected chi connectivity index (χ3v) is 5.19. The second-order valence-electron chi connectivity index (χ2n) is 7.09. The highest BCUT2D eigenvalue weighted by molar-refractivity contribution is 5.95. The molecule has 1 atom stereocenters. The molecule has 1 fully saturated rings. The number of hydrogen-bond donors (Lipinski definition) is 1. The lowest BCUT2D eigenvalue weighted by Gasteiger charge is -2.36. The van der Waals surface area contributed by atoms with Crippen LogP contribution in [-0.2, 0) is 4.79 Å². The summed E-state index contributed by atoms with van der Waals surface area (Å²) in [5, 5.41) is 3.06. The van der Waals surface area contributed by atoms with Crippen LogP contribution in [0.4, 0.5) is 5.69 Å². The van der Waals surface area contributed by atoms with Gasteiger partial charge in [-0.1, -0.05) is 37.3 Å². The molecule has 0 aromatic heterocycles. The van der Waals surface area contributed by atoms with Crippen molar-refractivity contribution in [3.8, 4) is 11.5 Å². The molecule has 0 aliphatic carbocycles. The molecule has 0 saturated carbocycles. The fourth-order valence-corrected chi connectivity index (χ4v) is 3.64. The first-order valence-corrected chi connectivity index (χ1v) is 9.20. The predicted octanol–water partition coefficient (Wildman–Crippen LogP) is 3.83. The number of likely N-dealkylation sites (tertiary alicyclic amines) is 1. The molecule has 0 spiro atoms. The summed E-state index contributed by atoms with van der Waals surface area (Å²) in [4.78, 5) is 15.5. The van der Waals surface area contributed by atoms with Gasteiger partial charge in [-0.2, -0.15) is 0 Å². The maximum absolute atomic E-state index is 13.2. The summed E-state index contributed by atoms with van der Waals surface area (Å²) in [6.45, 7) is 4.39. The number of amides is 1. The van der Waals surface area contributed by atoms with E-state index in [9.17, 15) is 4.79 Å². The van der Waals surface area contributed by atoms with E-state index in [2.05, 4.69) is 17.1 Å². The van der Waals surface area contributed by atoms with Crippen LogP contribution in [0.15, 0.2) is 48.5 Å². The number of rotatable bonds is 4. The standard InChI is InChI=1S/C21H24N2O3/c1-15-9-11-23(12-10-15)20(16-5-3-2-4-6-16)21(24)22-17-7-8-18-19(13-17)26-14-25-18/h2-8,13,15,20H,9-12,14H2,1H3,(H,22,24)/t20-/m1/s1. The number of benzene rings is 2. The van der Waals surface area contributed by atoms with Gasteiger partial charge in [-0.05, 0) is 49.5 Å². The van der Waals surface area contributed by atoms with Gasteiger partial charge in [-0.15, -0.1) is 0 Å². The molecule has 1 N–H and O–H groups in total. The molecule has 2 aliphatic heterocycles. The number of carbonyl (C=O) groups excluding carboxylic acids is 1. The zero-order chi connectivity index (χ0) is 17.9. The fourth-order valence-electron chi connectivity index (χ4n) is 3.64. The average molecular weight is 352 g/mol. The van der Waals surface area contributed by atoms with Crippen LogP contribution >= 0.6 is 0 Å². The first kappa shape index (κ1) is 16.9. The van der Waals surface area contributed by atoms with Gasteiger partial charge in [0.2, 0.25) is 12.7 Å². The average Bonchev–Trinajstić information content (AvgIpc) is 3.12. The smallest absolute Gasteiger partial charge is 0.246 e. The monoisotopic (exact) mass is 352 g/mol. The van der Waals surface area contributed by atoms with Crippen LogP contribution in [0.3, 0.4) is 0 Å². The van der Waals surface area contributed by atoms with Crippen LogP contribution in [0.25, 0.3) is 0 Å². The van der Waals surface area contributed by atoms with Crippen LogP contribution in [0.1, 0.15) is 31.4 Å². The Labute approximate surface area is 153 Å². The number of anilines is 1. The molecule has 4 rings (SSSR count). The van der Waals surface area contributed by atoms with Gasteiger partial charge in [0.05, 0.1) is 0 Å². The van der Waals surface area contributed by atoms with Crippen LogP contribution in [-0.4, -0.2) is 30.7 Å². The SMILES string of the molecule is CC1CCN([C@@H](C(=O)Nc2ccc3c(c2)OCO3)c2ccccc2)CC1. The van der Waals surface area contributed by atoms with Crippen LogP contribution in [0.2, 0.25) is 0 Å². The minimum absolute atomic E-state index is 0.00961. The summed E-state index contributed by atoms with van der Waals surface area (Å²) in [6.07, 6.45) is 2.25. The summed E-state index contributed by atoms with van der Waals surface area (Å²) in [7, 11) is 0. The van der Waals surface area contributed by atoms with Crippen LogP contribution < -0.4 is 14.8 Å². The lowest BCUT2D eigenvalue weighted by molar-refractivity contribution is -0.122. The fraction of sp³-hybridized carbons (Fsp3) is 0.381. The molecular formula is C21H24N2O3. The van der Waals surface area contributed by atoms with E-state index < -0.39 is 0 Å². The molecular weight excluding hydrogens is 328 g/mol. The first-order chi connectivity index (χ1) is 12.7. The summed E-state index contributed by atoms with van der Waals surface area (Å²) < 4.78 is 10.7. The van der Waals surface area contributed by atoms with Gasteiger partial charge in [0.1, 0.15) is 6.04 Å². The molecule has 5 heteroatoms. The number of fused-ring (bicyclic) bond motifs is 1. The van der Waals surface area contributed by atoms with Crippen molar-refractivity contribution in [3.63, 3.8) is 0 Å². The zero-order valence-electron chi connectivity index (χ0n) is 15.0. The van der Waals surface area contributed by atoms with E-state index in [4.69, 9.17) is 9.47 Å². The summed E-state index contributed by atoms with van der Waals surface area (Å²) in [5.41, 5.74) is 1.76. The molecule has 2 aromatic carbocycles. The Morgan fingerprint density at radius 3 is 2.58 bits per heavy atom. The Hall–Kier alpha value is -2.53. The van der Waals surface area contributed by atoms with Crippen molar-refractivity contribution >= 4 is 11.6 Å². The van der Waals surface area contributed by atoms with Crippen molar-refractivity contribution < 1.29 is 14.3 Å². The van der Waals surface area contributed by atoms with Crippen LogP contribution in [0, 0.1) is 5.92 Å². The maximum Gasteiger partial charge on any atom is 0.246 e. The van der Waals surface area contributed by atoms with Gasteiger partial charge in [-0.25, -0.2) is 0 Å². The lowest BCUT2D eigenvalue weighted by Crippen LogP contribution is -2.41. The number of carbonyl (C=O) groups is 1. The van der Waals surface area contributed by atoms with Crippen molar-refractivity contribution in [1.29, 1.82) is 0 Å². The number of ether oxygens (including phenoxy) is 2. The number of piperidine rings is 1. The van der Waals surface area contributed by atoms with E-state index in [1.807, 2.05) is 48.5 Å². The largest absolute Gasteiger partial charge is 0.454 e. The van der Waals surface area contributed by atoms with Crippen molar-refractivity contribution in [2.24, 2.45) is 5.92 Å². The molecule has 1 amide bonds. The Balaban J connectivity index is 1.56. The Morgan fingerprint density at radius 1 is 1.08 bits per heavy atom. The number of hydrogen-bond acceptors (Lipinski definition) is 4. The van der Waals surface area contributed by atoms with E-state index in [0.29, 0.717) is 11.5 Å². The topological polar surface area (TPSA) is 50.8 Å². The predicted molar refractivity (Wildman–Crippen MR) is 100 cm³/mol. The van der Waals surface area contributed by atoms with Gasteiger partial charge in [0, 0.05) is 11.8 Å². The number of nitrogens with zero attached hydrogens (tertiary/aromatic N) is 1. The Morgan fingerprint density at radius 2 is 1.81 bits per heavy atom. The summed E-state index contributed by atoms with van der Waals surface area (Å²) in [5.74, 6) is 2.10. The zero-order valence-corrected chi connectivity index (χ0v) is 15.0. The normalized spacial score (nSPS) is 18.5. The molecule has 2 heterocycles. The first-order valence-electron chi connectivity index (χ1n) is 9.20. The van der Waals surface area contributed by atoms with Crippen molar-refractivity contribution in [2.45, 2.75) is 25.8 Å². The summed E-state index contributed by atoms with van der Waals surface area (Å²) in [6, 6.07) is 15.2. The Kier molecular flexibility index (Phi) is 4.80. The Bertz CT molecular complexity index is 770. The van der Waals surface area contributed by atoms with E-state index in [1.54, 1.807) is 0 Å². The van der Waals surface area contributed by atoms with Gasteiger partial charge >= 0.3 is 0 Å². The highest BCUT2D eigenvalue weighted by Gasteiger charge is 2.30. The minimum Gasteiger partial charge on any atom is -0.454 e. The molecule has 2 aromatic rings. The molecule has 26 heavy (non-hydrogen) atoms. The molecule has 136 valence electrons. The van der Waals surface area contributed by atoms with Crippen molar-refractivity contribution in [3.05, 3.63) is 54.1 Å². The second-order valence-corrected chi connectivity index (χ2v) is 7.09. The molecule has 0 bridgehead atoms. The van der Waals surface area contributed by atoms with Gasteiger partial charge in [-0.3, -0.25) is 9.69 Å². The van der Waals surface area contributed by atoms with E-state index in [1.165, 1.54) is 0 Å². The summed E-state index contributed by atoms with van der Waals surface area (Å²) >= 11 is 0. The van der Waals surface area contributed by atoms with Crippen molar-refractivity contribution in [1.82, 2.24) is 4.90 Å². The van der Waals surface area contributed by atoms with Gasteiger partial charge in [0.25, 0.3) is 0 Å².